The highest BCUT2D eigenvalue weighted by Gasteiger charge is 2.54. The molecule has 3 aliphatic rings. The van der Waals surface area contributed by atoms with Crippen molar-refractivity contribution in [1.29, 1.82) is 0 Å². The molecule has 0 saturated heterocycles. The van der Waals surface area contributed by atoms with Gasteiger partial charge in [-0.05, 0) is 67.6 Å². The summed E-state index contributed by atoms with van der Waals surface area (Å²) in [4.78, 5) is 10.2. The Hall–Kier alpha value is -2.04. The van der Waals surface area contributed by atoms with Crippen LogP contribution in [0.15, 0.2) is 28.5 Å². The Bertz CT molecular complexity index is 742. The minimum atomic E-state index is 0.129. The van der Waals surface area contributed by atoms with Crippen LogP contribution in [0.2, 0.25) is 0 Å². The van der Waals surface area contributed by atoms with E-state index < -0.39 is 0 Å². The number of nitrogens with zero attached hydrogens (tertiary/aromatic N) is 2. The van der Waals surface area contributed by atoms with Gasteiger partial charge in [0.15, 0.2) is 0 Å². The van der Waals surface area contributed by atoms with Crippen LogP contribution in [0, 0.1) is 17.3 Å². The van der Waals surface area contributed by atoms with E-state index in [-0.39, 0.29) is 11.2 Å². The van der Waals surface area contributed by atoms with E-state index >= 15 is 0 Å². The fraction of sp³-hybridized carbons (Fsp3) is 0.600. The molecule has 5 heteroatoms. The number of hydrogen-bond acceptors (Lipinski definition) is 5. The molecule has 1 aromatic rings. The molecular weight excluding hydrogens is 316 g/mol. The largest absolute Gasteiger partial charge is 0.508 e. The van der Waals surface area contributed by atoms with Gasteiger partial charge in [0.2, 0.25) is 0 Å². The molecule has 0 aromatic heterocycles. The molecule has 0 radical (unpaired) electrons. The van der Waals surface area contributed by atoms with Crippen LogP contribution in [-0.4, -0.2) is 30.7 Å². The number of fused-ring (bicyclic) bond motifs is 5. The van der Waals surface area contributed by atoms with E-state index in [1.165, 1.54) is 11.3 Å². The molecule has 0 bridgehead atoms. The van der Waals surface area contributed by atoms with Crippen LogP contribution in [0.25, 0.3) is 0 Å². The molecule has 5 nitrogen and oxygen atoms in total. The minimum absolute atomic E-state index is 0.129. The summed E-state index contributed by atoms with van der Waals surface area (Å²) in [5.41, 5.74) is 4.67. The molecule has 1 N–H and O–H groups in total. The summed E-state index contributed by atoms with van der Waals surface area (Å²) in [5, 5.41) is 18.6. The van der Waals surface area contributed by atoms with E-state index in [9.17, 15) is 5.11 Å². The van der Waals surface area contributed by atoms with Crippen LogP contribution >= 0.6 is 0 Å². The first-order chi connectivity index (χ1) is 12.1. The Morgan fingerprint density at radius 2 is 1.96 bits per heavy atom. The van der Waals surface area contributed by atoms with Gasteiger partial charge in [0.25, 0.3) is 0 Å². The van der Waals surface area contributed by atoms with Crippen LogP contribution in [0.3, 0.4) is 0 Å². The Kier molecular flexibility index (Phi) is 3.97. The minimum Gasteiger partial charge on any atom is -0.508 e. The zero-order valence-corrected chi connectivity index (χ0v) is 15.2. The zero-order valence-electron chi connectivity index (χ0n) is 15.2. The van der Waals surface area contributed by atoms with Crippen molar-refractivity contribution in [2.24, 2.45) is 27.6 Å². The maximum absolute atomic E-state index is 9.93. The van der Waals surface area contributed by atoms with Crippen molar-refractivity contribution in [3.8, 4) is 5.75 Å². The van der Waals surface area contributed by atoms with Crippen LogP contribution < -0.4 is 0 Å². The quantitative estimate of drug-likeness (QED) is 0.825. The van der Waals surface area contributed by atoms with E-state index in [2.05, 4.69) is 23.3 Å². The van der Waals surface area contributed by atoms with Gasteiger partial charge >= 0.3 is 0 Å². The summed E-state index contributed by atoms with van der Waals surface area (Å²) in [7, 11) is 3.23. The Morgan fingerprint density at radius 1 is 1.16 bits per heavy atom. The van der Waals surface area contributed by atoms with Gasteiger partial charge in [-0.15, -0.1) is 0 Å². The highest BCUT2D eigenvalue weighted by Crippen LogP contribution is 2.60. The van der Waals surface area contributed by atoms with E-state index in [0.717, 1.165) is 43.4 Å². The van der Waals surface area contributed by atoms with Crippen LogP contribution in [0.1, 0.15) is 56.1 Å². The van der Waals surface area contributed by atoms with Crippen LogP contribution in [-0.2, 0) is 9.68 Å². The fourth-order valence-electron chi connectivity index (χ4n) is 5.65. The van der Waals surface area contributed by atoms with Gasteiger partial charge in [-0.1, -0.05) is 23.3 Å². The molecule has 0 amide bonds. The third-order valence-corrected chi connectivity index (χ3v) is 6.76. The van der Waals surface area contributed by atoms with Gasteiger partial charge in [0.1, 0.15) is 20.0 Å². The van der Waals surface area contributed by atoms with Crippen molar-refractivity contribution < 1.29 is 14.8 Å². The third-order valence-electron chi connectivity index (χ3n) is 6.76. The third kappa shape index (κ3) is 2.43. The number of benzene rings is 1. The number of rotatable bonds is 2. The molecule has 2 fully saturated rings. The lowest BCUT2D eigenvalue weighted by Crippen LogP contribution is -2.43. The van der Waals surface area contributed by atoms with Gasteiger partial charge in [0.05, 0.1) is 11.4 Å². The molecule has 3 unspecified atom stereocenters. The highest BCUT2D eigenvalue weighted by molar-refractivity contribution is 6.03. The van der Waals surface area contributed by atoms with Crippen molar-refractivity contribution in [2.75, 3.05) is 14.2 Å². The second-order valence-electron chi connectivity index (χ2n) is 7.79. The monoisotopic (exact) mass is 342 g/mol. The summed E-state index contributed by atoms with van der Waals surface area (Å²) < 4.78 is 0. The molecule has 134 valence electrons. The highest BCUT2D eigenvalue weighted by atomic mass is 16.6. The van der Waals surface area contributed by atoms with Crippen molar-refractivity contribution in [2.45, 2.75) is 44.9 Å². The predicted octanol–water partition coefficient (Wildman–Crippen LogP) is 4.06. The predicted molar refractivity (Wildman–Crippen MR) is 97.0 cm³/mol. The molecule has 0 spiro atoms. The normalized spacial score (nSPS) is 36.7. The van der Waals surface area contributed by atoms with Gasteiger partial charge in [-0.25, -0.2) is 0 Å². The summed E-state index contributed by atoms with van der Waals surface area (Å²) in [6.07, 6.45) is 5.36. The van der Waals surface area contributed by atoms with Gasteiger partial charge in [-0.3, -0.25) is 0 Å². The van der Waals surface area contributed by atoms with Crippen LogP contribution in [0.5, 0.6) is 5.75 Å². The zero-order chi connectivity index (χ0) is 17.6. The second-order valence-corrected chi connectivity index (χ2v) is 7.79. The van der Waals surface area contributed by atoms with Crippen molar-refractivity contribution >= 4 is 11.4 Å². The summed E-state index contributed by atoms with van der Waals surface area (Å²) in [6.45, 7) is 2.36. The molecule has 0 aliphatic heterocycles. The van der Waals surface area contributed by atoms with E-state index in [1.807, 2.05) is 6.07 Å². The molecule has 2 saturated carbocycles. The molecular formula is C20H26N2O3. The van der Waals surface area contributed by atoms with Gasteiger partial charge in [-0.2, -0.15) is 0 Å². The maximum Gasteiger partial charge on any atom is 0.116 e. The lowest BCUT2D eigenvalue weighted by atomic mass is 9.55. The Labute approximate surface area is 148 Å². The maximum atomic E-state index is 9.93. The molecule has 1 aromatic carbocycles. The van der Waals surface area contributed by atoms with Crippen molar-refractivity contribution in [3.05, 3.63) is 29.3 Å². The van der Waals surface area contributed by atoms with Crippen molar-refractivity contribution in [1.82, 2.24) is 0 Å². The van der Waals surface area contributed by atoms with E-state index in [1.54, 1.807) is 20.3 Å². The number of hydrogen-bond donors (Lipinski definition) is 1. The first-order valence-corrected chi connectivity index (χ1v) is 9.12. The molecule has 4 atom stereocenters. The van der Waals surface area contributed by atoms with Crippen LogP contribution in [0.4, 0.5) is 0 Å². The van der Waals surface area contributed by atoms with Crippen molar-refractivity contribution in [3.63, 3.8) is 0 Å². The number of phenols is 1. The Morgan fingerprint density at radius 3 is 2.72 bits per heavy atom. The van der Waals surface area contributed by atoms with Gasteiger partial charge < -0.3 is 14.8 Å². The van der Waals surface area contributed by atoms with Gasteiger partial charge in [0, 0.05) is 11.0 Å². The lowest BCUT2D eigenvalue weighted by molar-refractivity contribution is 0.105. The topological polar surface area (TPSA) is 63.4 Å². The summed E-state index contributed by atoms with van der Waals surface area (Å²) >= 11 is 0. The lowest BCUT2D eigenvalue weighted by Gasteiger charge is -2.48. The molecule has 25 heavy (non-hydrogen) atoms. The average molecular weight is 342 g/mol. The van der Waals surface area contributed by atoms with E-state index in [0.29, 0.717) is 17.8 Å². The summed E-state index contributed by atoms with van der Waals surface area (Å²) in [6, 6.07) is 5.71. The SMILES string of the molecule is CON=C1CC2C(CC[C@]3(C)C(=NOC)CCC23)c2ccc(O)cc21. The fourth-order valence-corrected chi connectivity index (χ4v) is 5.65. The Balaban J connectivity index is 1.77. The standard InChI is InChI=1S/C20H26N2O3/c1-20-9-8-14-13-5-4-12(23)10-16(13)18(21-24-2)11-15(14)17(20)6-7-19(20)22-25-3/h4-5,10,14-15,17,23H,6-9,11H2,1-3H3/t14?,15?,17?,20-/m0/s1. The smallest absolute Gasteiger partial charge is 0.116 e. The average Bonchev–Trinajstić information content (AvgIpc) is 2.93. The molecule has 4 rings (SSSR count). The number of phenolic OH excluding ortho intramolecular Hbond substituents is 1. The molecule has 3 aliphatic carbocycles. The molecule has 0 heterocycles. The first kappa shape index (κ1) is 16.4. The number of aromatic hydroxyl groups is 1. The number of oxime groups is 2. The first-order valence-electron chi connectivity index (χ1n) is 9.12. The summed E-state index contributed by atoms with van der Waals surface area (Å²) in [5.74, 6) is 1.93. The van der Waals surface area contributed by atoms with E-state index in [4.69, 9.17) is 9.68 Å². The second kappa shape index (κ2) is 6.04.